The summed E-state index contributed by atoms with van der Waals surface area (Å²) in [5.41, 5.74) is 0. The zero-order chi connectivity index (χ0) is 9.40. The number of hydrogen-bond acceptors (Lipinski definition) is 3. The molecule has 1 rings (SSSR count). The lowest BCUT2D eigenvalue weighted by molar-refractivity contribution is -0.0425. The van der Waals surface area contributed by atoms with E-state index in [2.05, 4.69) is 5.32 Å². The summed E-state index contributed by atoms with van der Waals surface area (Å²) in [5.74, 6) is 0.388. The van der Waals surface area contributed by atoms with Crippen LogP contribution in [-0.4, -0.2) is 38.0 Å². The Bertz CT molecular complexity index is 96.5. The van der Waals surface area contributed by atoms with Crippen LogP contribution in [0.1, 0.15) is 20.3 Å². The highest BCUT2D eigenvalue weighted by atomic mass is 16.5. The van der Waals surface area contributed by atoms with Gasteiger partial charge in [0.1, 0.15) is 0 Å². The summed E-state index contributed by atoms with van der Waals surface area (Å²) in [6, 6.07) is 0. The fourth-order valence-electron chi connectivity index (χ4n) is 1.27. The fraction of sp³-hybridized carbons (Fsp3) is 1.00. The van der Waals surface area contributed by atoms with Gasteiger partial charge in [-0.2, -0.15) is 0 Å². The highest BCUT2D eigenvalue weighted by molar-refractivity contribution is 4.73. The molecule has 0 spiro atoms. The number of ether oxygens (including phenoxy) is 1. The Labute approximate surface area is 75.1 Å². The SMILES string of the molecule is CC.CNCC1CCOCC1O. The summed E-state index contributed by atoms with van der Waals surface area (Å²) < 4.78 is 5.08. The second-order valence-corrected chi connectivity index (χ2v) is 2.75. The van der Waals surface area contributed by atoms with Crippen LogP contribution < -0.4 is 5.32 Å². The van der Waals surface area contributed by atoms with E-state index in [0.717, 1.165) is 19.6 Å². The van der Waals surface area contributed by atoms with Gasteiger partial charge in [-0.05, 0) is 13.5 Å². The van der Waals surface area contributed by atoms with Crippen molar-refractivity contribution < 1.29 is 9.84 Å². The monoisotopic (exact) mass is 175 g/mol. The van der Waals surface area contributed by atoms with Crippen LogP contribution in [0.4, 0.5) is 0 Å². The Hall–Kier alpha value is -0.120. The molecule has 2 unspecified atom stereocenters. The molecule has 0 aliphatic carbocycles. The molecular formula is C9H21NO2. The van der Waals surface area contributed by atoms with Crippen molar-refractivity contribution in [2.75, 3.05) is 26.8 Å². The van der Waals surface area contributed by atoms with E-state index in [1.807, 2.05) is 20.9 Å². The van der Waals surface area contributed by atoms with Crippen LogP contribution in [0.2, 0.25) is 0 Å². The van der Waals surface area contributed by atoms with Crippen LogP contribution in [0.15, 0.2) is 0 Å². The maximum absolute atomic E-state index is 9.34. The van der Waals surface area contributed by atoms with E-state index in [1.165, 1.54) is 0 Å². The molecule has 3 heteroatoms. The van der Waals surface area contributed by atoms with Crippen LogP contribution >= 0.6 is 0 Å². The summed E-state index contributed by atoms with van der Waals surface area (Å²) in [5, 5.41) is 12.4. The standard InChI is InChI=1S/C7H15NO2.C2H6/c1-8-4-6-2-3-10-5-7(6)9;1-2/h6-9H,2-5H2,1H3;1-2H3. The minimum atomic E-state index is -0.263. The predicted octanol–water partition coefficient (Wildman–Crippen LogP) is 0.629. The van der Waals surface area contributed by atoms with Crippen molar-refractivity contribution in [2.24, 2.45) is 5.92 Å². The predicted molar refractivity (Wildman–Crippen MR) is 50.2 cm³/mol. The summed E-state index contributed by atoms with van der Waals surface area (Å²) in [4.78, 5) is 0. The number of aliphatic hydroxyl groups is 1. The van der Waals surface area contributed by atoms with Crippen LogP contribution in [0, 0.1) is 5.92 Å². The summed E-state index contributed by atoms with van der Waals surface area (Å²) in [6.07, 6.45) is 0.711. The fourth-order valence-corrected chi connectivity index (χ4v) is 1.27. The van der Waals surface area contributed by atoms with Gasteiger partial charge in [-0.1, -0.05) is 13.8 Å². The second kappa shape index (κ2) is 7.53. The first-order valence-electron chi connectivity index (χ1n) is 4.75. The Kier molecular flexibility index (Phi) is 7.45. The lowest BCUT2D eigenvalue weighted by Crippen LogP contribution is -2.37. The van der Waals surface area contributed by atoms with E-state index < -0.39 is 0 Å². The zero-order valence-electron chi connectivity index (χ0n) is 8.34. The lowest BCUT2D eigenvalue weighted by Gasteiger charge is -2.27. The average molecular weight is 175 g/mol. The van der Waals surface area contributed by atoms with Crippen molar-refractivity contribution in [1.29, 1.82) is 0 Å². The quantitative estimate of drug-likeness (QED) is 0.647. The first-order valence-corrected chi connectivity index (χ1v) is 4.75. The normalized spacial score (nSPS) is 29.0. The first kappa shape index (κ1) is 11.9. The van der Waals surface area contributed by atoms with E-state index in [1.54, 1.807) is 0 Å². The van der Waals surface area contributed by atoms with Crippen LogP contribution in [0.3, 0.4) is 0 Å². The van der Waals surface area contributed by atoms with Crippen LogP contribution in [0.5, 0.6) is 0 Å². The van der Waals surface area contributed by atoms with Gasteiger partial charge in [0.05, 0.1) is 12.7 Å². The van der Waals surface area contributed by atoms with Crippen molar-refractivity contribution in [3.63, 3.8) is 0 Å². The molecule has 1 heterocycles. The Morgan fingerprint density at radius 3 is 2.67 bits per heavy atom. The highest BCUT2D eigenvalue weighted by Crippen LogP contribution is 2.13. The van der Waals surface area contributed by atoms with Crippen LogP contribution in [-0.2, 0) is 4.74 Å². The number of nitrogens with one attached hydrogen (secondary N) is 1. The highest BCUT2D eigenvalue weighted by Gasteiger charge is 2.22. The Morgan fingerprint density at radius 1 is 1.50 bits per heavy atom. The molecule has 2 atom stereocenters. The molecular weight excluding hydrogens is 154 g/mol. The molecule has 0 bridgehead atoms. The maximum atomic E-state index is 9.34. The number of aliphatic hydroxyl groups excluding tert-OH is 1. The van der Waals surface area contributed by atoms with Crippen molar-refractivity contribution in [2.45, 2.75) is 26.4 Å². The summed E-state index contributed by atoms with van der Waals surface area (Å²) in [6.45, 7) is 6.19. The van der Waals surface area contributed by atoms with Gasteiger partial charge in [0.15, 0.2) is 0 Å². The van der Waals surface area contributed by atoms with Gasteiger partial charge in [0.25, 0.3) is 0 Å². The van der Waals surface area contributed by atoms with Gasteiger partial charge in [0, 0.05) is 19.1 Å². The molecule has 1 saturated heterocycles. The van der Waals surface area contributed by atoms with E-state index >= 15 is 0 Å². The van der Waals surface area contributed by atoms with Crippen molar-refractivity contribution in [1.82, 2.24) is 5.32 Å². The van der Waals surface area contributed by atoms with Crippen molar-refractivity contribution in [3.05, 3.63) is 0 Å². The smallest absolute Gasteiger partial charge is 0.0814 e. The van der Waals surface area contributed by atoms with Gasteiger partial charge < -0.3 is 15.2 Å². The molecule has 0 saturated carbocycles. The molecule has 1 aliphatic rings. The second-order valence-electron chi connectivity index (χ2n) is 2.75. The zero-order valence-corrected chi connectivity index (χ0v) is 8.34. The molecule has 2 N–H and O–H groups in total. The average Bonchev–Trinajstić information content (AvgIpc) is 2.13. The Balaban J connectivity index is 0.000000561. The molecule has 1 aliphatic heterocycles. The lowest BCUT2D eigenvalue weighted by atomic mass is 9.97. The number of rotatable bonds is 2. The molecule has 0 aromatic rings. The van der Waals surface area contributed by atoms with E-state index in [-0.39, 0.29) is 6.10 Å². The maximum Gasteiger partial charge on any atom is 0.0814 e. The minimum Gasteiger partial charge on any atom is -0.390 e. The van der Waals surface area contributed by atoms with Gasteiger partial charge in [-0.15, -0.1) is 0 Å². The summed E-state index contributed by atoms with van der Waals surface area (Å²) >= 11 is 0. The van der Waals surface area contributed by atoms with Crippen molar-refractivity contribution in [3.8, 4) is 0 Å². The van der Waals surface area contributed by atoms with E-state index in [9.17, 15) is 5.11 Å². The molecule has 12 heavy (non-hydrogen) atoms. The largest absolute Gasteiger partial charge is 0.390 e. The third-order valence-corrected chi connectivity index (χ3v) is 1.93. The molecule has 0 aromatic heterocycles. The number of hydrogen-bond donors (Lipinski definition) is 2. The molecule has 74 valence electrons. The Morgan fingerprint density at radius 2 is 2.17 bits per heavy atom. The molecule has 0 radical (unpaired) electrons. The topological polar surface area (TPSA) is 41.5 Å². The van der Waals surface area contributed by atoms with Crippen molar-refractivity contribution >= 4 is 0 Å². The first-order chi connectivity index (χ1) is 5.84. The molecule has 1 fully saturated rings. The van der Waals surface area contributed by atoms with E-state index in [4.69, 9.17) is 4.74 Å². The third kappa shape index (κ3) is 4.04. The van der Waals surface area contributed by atoms with E-state index in [0.29, 0.717) is 12.5 Å². The summed E-state index contributed by atoms with van der Waals surface area (Å²) in [7, 11) is 1.90. The molecule has 0 amide bonds. The van der Waals surface area contributed by atoms with Gasteiger partial charge >= 0.3 is 0 Å². The molecule has 3 nitrogen and oxygen atoms in total. The van der Waals surface area contributed by atoms with Gasteiger partial charge in [0.2, 0.25) is 0 Å². The van der Waals surface area contributed by atoms with Gasteiger partial charge in [-0.25, -0.2) is 0 Å². The third-order valence-electron chi connectivity index (χ3n) is 1.93. The van der Waals surface area contributed by atoms with Crippen LogP contribution in [0.25, 0.3) is 0 Å². The van der Waals surface area contributed by atoms with Gasteiger partial charge in [-0.3, -0.25) is 0 Å². The minimum absolute atomic E-state index is 0.263. The molecule has 0 aromatic carbocycles.